The third-order valence-electron chi connectivity index (χ3n) is 5.94. The number of hydrogen-bond acceptors (Lipinski definition) is 4. The van der Waals surface area contributed by atoms with E-state index < -0.39 is 52.2 Å². The third kappa shape index (κ3) is 5.35. The van der Waals surface area contributed by atoms with E-state index in [1.807, 2.05) is 0 Å². The predicted octanol–water partition coefficient (Wildman–Crippen LogP) is 5.09. The molecule has 0 amide bonds. The van der Waals surface area contributed by atoms with Gasteiger partial charge in [-0.05, 0) is 45.2 Å². The fraction of sp³-hybridized carbons (Fsp3) is 0.667. The van der Waals surface area contributed by atoms with E-state index in [0.717, 1.165) is 12.1 Å². The first-order valence-corrected chi connectivity index (χ1v) is 11.7. The Bertz CT molecular complexity index is 893. The Morgan fingerprint density at radius 1 is 1.25 bits per heavy atom. The van der Waals surface area contributed by atoms with Gasteiger partial charge in [-0.1, -0.05) is 0 Å². The van der Waals surface area contributed by atoms with E-state index >= 15 is 0 Å². The number of hydrogen-bond donors (Lipinski definition) is 1. The zero-order chi connectivity index (χ0) is 23.9. The summed E-state index contributed by atoms with van der Waals surface area (Å²) in [5, 5.41) is 9.22. The molecule has 0 bridgehead atoms. The van der Waals surface area contributed by atoms with Crippen LogP contribution in [0.4, 0.5) is 27.6 Å². The van der Waals surface area contributed by atoms with Crippen molar-refractivity contribution < 1.29 is 40.8 Å². The normalized spacial score (nSPS) is 22.2. The van der Waals surface area contributed by atoms with E-state index in [4.69, 9.17) is 4.74 Å². The largest absolute Gasteiger partial charge is 0.492 e. The van der Waals surface area contributed by atoms with E-state index in [0.29, 0.717) is 13.0 Å². The lowest BCUT2D eigenvalue weighted by Gasteiger charge is -2.38. The summed E-state index contributed by atoms with van der Waals surface area (Å²) >= 11 is 0. The van der Waals surface area contributed by atoms with Gasteiger partial charge in [0.2, 0.25) is 5.92 Å². The van der Waals surface area contributed by atoms with Gasteiger partial charge in [-0.3, -0.25) is 9.00 Å². The van der Waals surface area contributed by atoms with Crippen molar-refractivity contribution in [2.24, 2.45) is 5.41 Å². The van der Waals surface area contributed by atoms with Crippen molar-refractivity contribution >= 4 is 22.5 Å². The topological polar surface area (TPSA) is 66.8 Å². The molecule has 180 valence electrons. The third-order valence-corrected chi connectivity index (χ3v) is 7.42. The van der Waals surface area contributed by atoms with Crippen molar-refractivity contribution in [3.8, 4) is 5.75 Å². The number of anilines is 1. The molecule has 32 heavy (non-hydrogen) atoms. The Kier molecular flexibility index (Phi) is 6.80. The SMILES string of the molecule is CC(C)(COc1cc2c(cc1C(F)(F)F)N(C1CCC(F)(F)CC1)CCCS2=O)C(=O)O. The number of carboxylic acid groups (broad SMARTS) is 1. The first-order chi connectivity index (χ1) is 14.7. The van der Waals surface area contributed by atoms with Gasteiger partial charge in [-0.25, -0.2) is 8.78 Å². The molecule has 11 heteroatoms. The highest BCUT2D eigenvalue weighted by Crippen LogP contribution is 2.45. The minimum absolute atomic E-state index is 0.119. The lowest BCUT2D eigenvalue weighted by molar-refractivity contribution is -0.148. The second-order valence-corrected chi connectivity index (χ2v) is 10.5. The van der Waals surface area contributed by atoms with Crippen molar-refractivity contribution in [1.82, 2.24) is 0 Å². The van der Waals surface area contributed by atoms with Gasteiger partial charge in [-0.15, -0.1) is 0 Å². The molecular weight excluding hydrogens is 457 g/mol. The Morgan fingerprint density at radius 2 is 1.88 bits per heavy atom. The van der Waals surface area contributed by atoms with Gasteiger partial charge in [0.05, 0.1) is 32.4 Å². The van der Waals surface area contributed by atoms with Crippen LogP contribution in [0.2, 0.25) is 0 Å². The molecular formula is C21H26F5NO4S. The van der Waals surface area contributed by atoms with Crippen molar-refractivity contribution in [3.63, 3.8) is 0 Å². The maximum atomic E-state index is 13.9. The molecule has 5 nitrogen and oxygen atoms in total. The summed E-state index contributed by atoms with van der Waals surface area (Å²) in [6.45, 7) is 2.45. The fourth-order valence-corrected chi connectivity index (χ4v) is 5.19. The number of ether oxygens (including phenoxy) is 1. The summed E-state index contributed by atoms with van der Waals surface area (Å²) in [5.74, 6) is -4.38. The first-order valence-electron chi connectivity index (χ1n) is 10.4. The maximum Gasteiger partial charge on any atom is 0.420 e. The maximum absolute atomic E-state index is 13.9. The van der Waals surface area contributed by atoms with Crippen LogP contribution in [0.25, 0.3) is 0 Å². The lowest BCUT2D eigenvalue weighted by Crippen LogP contribution is -2.41. The van der Waals surface area contributed by atoms with Crippen LogP contribution >= 0.6 is 0 Å². The highest BCUT2D eigenvalue weighted by molar-refractivity contribution is 7.85. The first kappa shape index (κ1) is 24.7. The van der Waals surface area contributed by atoms with Crippen LogP contribution in [0.15, 0.2) is 17.0 Å². The quantitative estimate of drug-likeness (QED) is 0.591. The molecule has 1 atom stereocenters. The molecule has 1 saturated carbocycles. The van der Waals surface area contributed by atoms with Gasteiger partial charge >= 0.3 is 12.1 Å². The molecule has 1 aliphatic heterocycles. The number of fused-ring (bicyclic) bond motifs is 1. The molecule has 1 aliphatic carbocycles. The standard InChI is InChI=1S/C21H26F5NO4S/c1-19(2,18(28)29)12-31-16-11-17-15(10-14(16)21(24,25)26)27(8-3-9-32(17)30)13-4-6-20(22,23)7-5-13/h10-11,13H,3-9,12H2,1-2H3,(H,28,29). The summed E-state index contributed by atoms with van der Waals surface area (Å²) in [4.78, 5) is 13.1. The second-order valence-electron chi connectivity index (χ2n) is 8.98. The molecule has 0 aromatic heterocycles. The Balaban J connectivity index is 2.03. The van der Waals surface area contributed by atoms with Crippen molar-refractivity contribution in [1.29, 1.82) is 0 Å². The van der Waals surface area contributed by atoms with Crippen LogP contribution in [0.1, 0.15) is 51.5 Å². The summed E-state index contributed by atoms with van der Waals surface area (Å²) in [6.07, 6.45) is -4.79. The van der Waals surface area contributed by atoms with Crippen LogP contribution in [0.5, 0.6) is 5.75 Å². The zero-order valence-electron chi connectivity index (χ0n) is 17.8. The van der Waals surface area contributed by atoms with E-state index in [-0.39, 0.29) is 48.1 Å². The number of alkyl halides is 5. The van der Waals surface area contributed by atoms with Crippen molar-refractivity contribution in [2.75, 3.05) is 23.8 Å². The van der Waals surface area contributed by atoms with E-state index in [9.17, 15) is 36.1 Å². The molecule has 0 radical (unpaired) electrons. The summed E-state index contributed by atoms with van der Waals surface area (Å²) in [6, 6.07) is 1.57. The van der Waals surface area contributed by atoms with Crippen molar-refractivity contribution in [3.05, 3.63) is 17.7 Å². The Labute approximate surface area is 185 Å². The molecule has 2 aliphatic rings. The molecule has 0 spiro atoms. The van der Waals surface area contributed by atoms with Crippen molar-refractivity contribution in [2.45, 2.75) is 69.0 Å². The summed E-state index contributed by atoms with van der Waals surface area (Å²) in [7, 11) is -1.61. The molecule has 1 unspecified atom stereocenters. The number of nitrogens with zero attached hydrogens (tertiary/aromatic N) is 1. The predicted molar refractivity (Wildman–Crippen MR) is 109 cm³/mol. The highest BCUT2D eigenvalue weighted by atomic mass is 32.2. The second kappa shape index (κ2) is 8.79. The van der Waals surface area contributed by atoms with E-state index in [1.54, 1.807) is 4.90 Å². The zero-order valence-corrected chi connectivity index (χ0v) is 18.6. The van der Waals surface area contributed by atoms with Crippen LogP contribution in [0.3, 0.4) is 0 Å². The summed E-state index contributed by atoms with van der Waals surface area (Å²) < 4.78 is 87.0. The van der Waals surface area contributed by atoms with Crippen LogP contribution < -0.4 is 9.64 Å². The number of benzene rings is 1. The smallest absolute Gasteiger partial charge is 0.420 e. The highest BCUT2D eigenvalue weighted by Gasteiger charge is 2.41. The number of rotatable bonds is 5. The van der Waals surface area contributed by atoms with Crippen LogP contribution in [0, 0.1) is 5.41 Å². The van der Waals surface area contributed by atoms with Gasteiger partial charge in [0.1, 0.15) is 12.4 Å². The molecule has 1 aromatic carbocycles. The Morgan fingerprint density at radius 3 is 2.44 bits per heavy atom. The molecule has 1 aromatic rings. The average molecular weight is 483 g/mol. The summed E-state index contributed by atoms with van der Waals surface area (Å²) in [5.41, 5.74) is -2.43. The van der Waals surface area contributed by atoms with E-state index in [2.05, 4.69) is 0 Å². The van der Waals surface area contributed by atoms with Crippen LogP contribution in [-0.2, 0) is 21.8 Å². The molecule has 1 fully saturated rings. The van der Waals surface area contributed by atoms with Gasteiger partial charge in [0.15, 0.2) is 0 Å². The molecule has 3 rings (SSSR count). The molecule has 1 N–H and O–H groups in total. The molecule has 1 heterocycles. The van der Waals surface area contributed by atoms with Gasteiger partial charge < -0.3 is 14.7 Å². The number of halogens is 5. The number of carboxylic acids is 1. The minimum atomic E-state index is -4.81. The fourth-order valence-electron chi connectivity index (χ4n) is 3.93. The van der Waals surface area contributed by atoms with Crippen LogP contribution in [-0.4, -0.2) is 46.2 Å². The number of carbonyl (C=O) groups is 1. The molecule has 0 saturated heterocycles. The number of aliphatic carboxylic acids is 1. The van der Waals surface area contributed by atoms with Gasteiger partial charge in [-0.2, -0.15) is 13.2 Å². The Hall–Kier alpha value is -1.91. The lowest BCUT2D eigenvalue weighted by atomic mass is 9.90. The monoisotopic (exact) mass is 483 g/mol. The average Bonchev–Trinajstić information content (AvgIpc) is 2.84. The van der Waals surface area contributed by atoms with Gasteiger partial charge in [0, 0.05) is 31.2 Å². The van der Waals surface area contributed by atoms with Gasteiger partial charge in [0.25, 0.3) is 0 Å². The van der Waals surface area contributed by atoms with E-state index in [1.165, 1.54) is 13.8 Å². The minimum Gasteiger partial charge on any atom is -0.492 e.